The fraction of sp³-hybridized carbons (Fsp3) is 0.400. The van der Waals surface area contributed by atoms with Crippen LogP contribution in [0, 0.1) is 0 Å². The average Bonchev–Trinajstić information content (AvgIpc) is 2.15. The molecule has 0 aromatic carbocycles. The number of aryl methyl sites for hydroxylation is 1. The Morgan fingerprint density at radius 2 is 2.50 bits per heavy atom. The summed E-state index contributed by atoms with van der Waals surface area (Å²) in [6, 6.07) is 0. The maximum absolute atomic E-state index is 10.5. The number of thioether (sulfide) groups is 1. The van der Waals surface area contributed by atoms with Crippen LogP contribution < -0.4 is 0 Å². The van der Waals surface area contributed by atoms with Crippen LogP contribution >= 0.6 is 11.8 Å². The molecule has 0 spiro atoms. The van der Waals surface area contributed by atoms with E-state index in [4.69, 9.17) is 0 Å². The zero-order valence-corrected chi connectivity index (χ0v) is 6.55. The summed E-state index contributed by atoms with van der Waals surface area (Å²) in [6.45, 7) is 1.50. The first kappa shape index (κ1) is 7.27. The van der Waals surface area contributed by atoms with Gasteiger partial charge >= 0.3 is 0 Å². The second kappa shape index (κ2) is 2.83. The molecular weight excluding hydrogens is 150 g/mol. The van der Waals surface area contributed by atoms with E-state index < -0.39 is 0 Å². The highest BCUT2D eigenvalue weighted by atomic mass is 32.2. The van der Waals surface area contributed by atoms with E-state index in [1.807, 2.05) is 0 Å². The van der Waals surface area contributed by atoms with Crippen LogP contribution in [0.15, 0.2) is 11.5 Å². The minimum Gasteiger partial charge on any atom is -0.287 e. The Hall–Kier alpha value is -0.840. The smallest absolute Gasteiger partial charge is 0.193 e. The number of rotatable bonds is 1. The molecule has 1 aromatic heterocycles. The van der Waals surface area contributed by atoms with E-state index in [0.29, 0.717) is 5.16 Å². The molecule has 54 valence electrons. The Labute approximate surface area is 62.6 Å². The molecule has 0 N–H and O–H groups in total. The zero-order valence-electron chi connectivity index (χ0n) is 5.74. The Kier molecular flexibility index (Phi) is 2.06. The second-order valence-corrected chi connectivity index (χ2v) is 2.90. The van der Waals surface area contributed by atoms with Crippen molar-refractivity contribution < 1.29 is 4.79 Å². The van der Waals surface area contributed by atoms with E-state index in [9.17, 15) is 4.79 Å². The van der Waals surface area contributed by atoms with Gasteiger partial charge in [0.15, 0.2) is 10.3 Å². The molecule has 1 rings (SSSR count). The van der Waals surface area contributed by atoms with Crippen LogP contribution in [0.25, 0.3) is 0 Å². The van der Waals surface area contributed by atoms with Crippen molar-refractivity contribution in [2.75, 3.05) is 0 Å². The maximum Gasteiger partial charge on any atom is 0.193 e. The number of nitrogens with zero attached hydrogens (tertiary/aromatic N) is 3. The SMILES string of the molecule is CC(=O)Sc1ncnn1C. The van der Waals surface area contributed by atoms with Crippen LogP contribution in [0.3, 0.4) is 0 Å². The topological polar surface area (TPSA) is 47.8 Å². The lowest BCUT2D eigenvalue weighted by molar-refractivity contribution is -0.109. The lowest BCUT2D eigenvalue weighted by atomic mass is 10.9. The quantitative estimate of drug-likeness (QED) is 0.555. The van der Waals surface area contributed by atoms with Crippen molar-refractivity contribution in [3.8, 4) is 0 Å². The van der Waals surface area contributed by atoms with E-state index in [2.05, 4.69) is 10.1 Å². The van der Waals surface area contributed by atoms with E-state index >= 15 is 0 Å². The van der Waals surface area contributed by atoms with Crippen molar-refractivity contribution >= 4 is 16.9 Å². The maximum atomic E-state index is 10.5. The van der Waals surface area contributed by atoms with Gasteiger partial charge < -0.3 is 0 Å². The van der Waals surface area contributed by atoms with E-state index in [1.165, 1.54) is 13.3 Å². The predicted octanol–water partition coefficient (Wildman–Crippen LogP) is 0.454. The summed E-state index contributed by atoms with van der Waals surface area (Å²) < 4.78 is 1.56. The molecule has 1 heterocycles. The first-order valence-corrected chi connectivity index (χ1v) is 3.54. The molecule has 0 unspecified atom stereocenters. The molecule has 0 atom stereocenters. The molecule has 0 aliphatic heterocycles. The summed E-state index contributed by atoms with van der Waals surface area (Å²) in [4.78, 5) is 14.4. The van der Waals surface area contributed by atoms with Gasteiger partial charge in [-0.15, -0.1) is 0 Å². The lowest BCUT2D eigenvalue weighted by Crippen LogP contribution is -1.94. The summed E-state index contributed by atoms with van der Waals surface area (Å²) in [5.74, 6) is 0. The second-order valence-electron chi connectivity index (χ2n) is 1.76. The van der Waals surface area contributed by atoms with Crippen molar-refractivity contribution in [2.45, 2.75) is 12.1 Å². The molecule has 0 bridgehead atoms. The highest BCUT2D eigenvalue weighted by molar-refractivity contribution is 8.13. The number of aromatic nitrogens is 3. The molecule has 4 nitrogen and oxygen atoms in total. The van der Waals surface area contributed by atoms with Crippen LogP contribution in [-0.2, 0) is 11.8 Å². The van der Waals surface area contributed by atoms with Crippen LogP contribution in [0.2, 0.25) is 0 Å². The number of carbonyl (C=O) groups excluding carboxylic acids is 1. The predicted molar refractivity (Wildman–Crippen MR) is 37.5 cm³/mol. The van der Waals surface area contributed by atoms with Crippen molar-refractivity contribution in [2.24, 2.45) is 7.05 Å². The Morgan fingerprint density at radius 3 is 2.90 bits per heavy atom. The summed E-state index contributed by atoms with van der Waals surface area (Å²) in [7, 11) is 1.75. The first-order chi connectivity index (χ1) is 4.70. The Bertz CT molecular complexity index is 245. The molecule has 10 heavy (non-hydrogen) atoms. The van der Waals surface area contributed by atoms with Crippen molar-refractivity contribution in [3.63, 3.8) is 0 Å². The third kappa shape index (κ3) is 1.57. The van der Waals surface area contributed by atoms with Gasteiger partial charge in [0.1, 0.15) is 6.33 Å². The highest BCUT2D eigenvalue weighted by Crippen LogP contribution is 2.12. The molecule has 0 saturated carbocycles. The molecule has 0 radical (unpaired) electrons. The monoisotopic (exact) mass is 157 g/mol. The number of carbonyl (C=O) groups is 1. The number of hydrogen-bond donors (Lipinski definition) is 0. The van der Waals surface area contributed by atoms with Crippen LogP contribution in [0.1, 0.15) is 6.92 Å². The Balaban J connectivity index is 2.74. The van der Waals surface area contributed by atoms with E-state index in [0.717, 1.165) is 11.8 Å². The molecule has 0 saturated heterocycles. The highest BCUT2D eigenvalue weighted by Gasteiger charge is 2.02. The molecule has 0 aliphatic rings. The zero-order chi connectivity index (χ0) is 7.56. The van der Waals surface area contributed by atoms with Gasteiger partial charge in [0.05, 0.1) is 0 Å². The van der Waals surface area contributed by atoms with Gasteiger partial charge in [-0.3, -0.25) is 4.79 Å². The van der Waals surface area contributed by atoms with Crippen molar-refractivity contribution in [3.05, 3.63) is 6.33 Å². The Morgan fingerprint density at radius 1 is 1.80 bits per heavy atom. The summed E-state index contributed by atoms with van der Waals surface area (Å²) in [5, 5.41) is 4.46. The third-order valence-electron chi connectivity index (χ3n) is 0.905. The fourth-order valence-electron chi connectivity index (χ4n) is 0.507. The van der Waals surface area contributed by atoms with Gasteiger partial charge in [-0.1, -0.05) is 0 Å². The minimum absolute atomic E-state index is 0.0242. The van der Waals surface area contributed by atoms with Gasteiger partial charge in [-0.2, -0.15) is 5.10 Å². The largest absolute Gasteiger partial charge is 0.287 e. The van der Waals surface area contributed by atoms with Gasteiger partial charge in [-0.05, 0) is 11.8 Å². The normalized spacial score (nSPS) is 9.80. The van der Waals surface area contributed by atoms with E-state index in [-0.39, 0.29) is 5.12 Å². The van der Waals surface area contributed by atoms with Crippen molar-refractivity contribution in [1.82, 2.24) is 14.8 Å². The lowest BCUT2D eigenvalue weighted by Gasteiger charge is -1.92. The molecule has 0 amide bonds. The van der Waals surface area contributed by atoms with Crippen LogP contribution in [0.4, 0.5) is 0 Å². The molecule has 5 heteroatoms. The first-order valence-electron chi connectivity index (χ1n) is 2.72. The van der Waals surface area contributed by atoms with Crippen LogP contribution in [-0.4, -0.2) is 19.9 Å². The van der Waals surface area contributed by atoms with Gasteiger partial charge in [0, 0.05) is 14.0 Å². The summed E-state index contributed by atoms with van der Waals surface area (Å²) in [5.41, 5.74) is 0. The summed E-state index contributed by atoms with van der Waals surface area (Å²) in [6.07, 6.45) is 1.42. The molecule has 1 aromatic rings. The van der Waals surface area contributed by atoms with E-state index in [1.54, 1.807) is 11.7 Å². The number of hydrogen-bond acceptors (Lipinski definition) is 4. The molecular formula is C5H7N3OS. The summed E-state index contributed by atoms with van der Waals surface area (Å²) >= 11 is 1.08. The van der Waals surface area contributed by atoms with Gasteiger partial charge in [0.25, 0.3) is 0 Å². The standard InChI is InChI=1S/C5H7N3OS/c1-4(9)10-5-6-3-7-8(5)2/h3H,1-2H3. The molecule has 0 fully saturated rings. The van der Waals surface area contributed by atoms with Crippen molar-refractivity contribution in [1.29, 1.82) is 0 Å². The minimum atomic E-state index is 0.0242. The average molecular weight is 157 g/mol. The fourth-order valence-corrected chi connectivity index (χ4v) is 1.04. The van der Waals surface area contributed by atoms with Crippen LogP contribution in [0.5, 0.6) is 0 Å². The van der Waals surface area contributed by atoms with Gasteiger partial charge in [0.2, 0.25) is 0 Å². The third-order valence-corrected chi connectivity index (χ3v) is 1.74. The van der Waals surface area contributed by atoms with Gasteiger partial charge in [-0.25, -0.2) is 9.67 Å². The molecule has 0 aliphatic carbocycles.